The third-order valence-corrected chi connectivity index (χ3v) is 11.9. The van der Waals surface area contributed by atoms with Crippen molar-refractivity contribution in [3.05, 3.63) is 222 Å². The molecule has 0 fully saturated rings. The predicted molar refractivity (Wildman–Crippen MR) is 224 cm³/mol. The molecule has 54 heavy (non-hydrogen) atoms. The summed E-state index contributed by atoms with van der Waals surface area (Å²) in [6.45, 7) is 2.34. The van der Waals surface area contributed by atoms with E-state index < -0.39 is 0 Å². The summed E-state index contributed by atoms with van der Waals surface area (Å²) < 4.78 is 0. The van der Waals surface area contributed by atoms with Crippen LogP contribution >= 0.6 is 0 Å². The molecule has 1 heterocycles. The van der Waals surface area contributed by atoms with Gasteiger partial charge in [-0.3, -0.25) is 0 Å². The molecule has 0 saturated heterocycles. The zero-order valence-electron chi connectivity index (χ0n) is 30.4. The average Bonchev–Trinajstić information content (AvgIpc) is 3.70. The van der Waals surface area contributed by atoms with Gasteiger partial charge in [0.05, 0.1) is 11.1 Å². The summed E-state index contributed by atoms with van der Waals surface area (Å²) in [6, 6.07) is 54.8. The van der Waals surface area contributed by atoms with E-state index in [1.54, 1.807) is 0 Å². The Bertz CT molecular complexity index is 2680. The number of allylic oxidation sites excluding steroid dienone is 8. The summed E-state index contributed by atoms with van der Waals surface area (Å²) in [7, 11) is 0. The van der Waals surface area contributed by atoms with Crippen LogP contribution in [0, 0.1) is 5.92 Å². The van der Waals surface area contributed by atoms with Gasteiger partial charge in [-0.2, -0.15) is 0 Å². The number of hydrogen-bond donors (Lipinski definition) is 0. The van der Waals surface area contributed by atoms with E-state index in [1.807, 2.05) is 0 Å². The van der Waals surface area contributed by atoms with E-state index >= 15 is 0 Å². The Morgan fingerprint density at radius 1 is 0.593 bits per heavy atom. The monoisotopic (exact) mass is 692 g/mol. The van der Waals surface area contributed by atoms with Crippen LogP contribution in [-0.2, 0) is 11.8 Å². The molecule has 0 saturated carbocycles. The van der Waals surface area contributed by atoms with E-state index in [-0.39, 0.29) is 5.41 Å². The molecule has 0 bridgehead atoms. The van der Waals surface area contributed by atoms with Crippen LogP contribution in [0.15, 0.2) is 194 Å². The summed E-state index contributed by atoms with van der Waals surface area (Å²) in [5.41, 5.74) is 14.8. The first-order valence-corrected chi connectivity index (χ1v) is 19.2. The maximum atomic E-state index is 5.21. The van der Waals surface area contributed by atoms with Crippen LogP contribution in [0.3, 0.4) is 0 Å². The molecule has 258 valence electrons. The van der Waals surface area contributed by atoms with Gasteiger partial charge in [-0.25, -0.2) is 9.97 Å². The Kier molecular flexibility index (Phi) is 7.91. The largest absolute Gasteiger partial charge is 0.233 e. The molecule has 2 nitrogen and oxygen atoms in total. The van der Waals surface area contributed by atoms with Gasteiger partial charge >= 0.3 is 0 Å². The van der Waals surface area contributed by atoms with Crippen molar-refractivity contribution in [2.45, 2.75) is 31.1 Å². The quantitative estimate of drug-likeness (QED) is 0.166. The first kappa shape index (κ1) is 32.3. The fourth-order valence-electron chi connectivity index (χ4n) is 9.56. The fraction of sp³-hybridized carbons (Fsp3) is 0.115. The highest BCUT2D eigenvalue weighted by Gasteiger charge is 2.56. The number of aromatic nitrogens is 2. The molecule has 0 amide bonds. The highest BCUT2D eigenvalue weighted by molar-refractivity contribution is 5.90. The lowest BCUT2D eigenvalue weighted by molar-refractivity contribution is 0.447. The number of benzene rings is 6. The average molecular weight is 693 g/mol. The van der Waals surface area contributed by atoms with Gasteiger partial charge in [0.2, 0.25) is 0 Å². The lowest BCUT2D eigenvalue weighted by Gasteiger charge is -2.37. The van der Waals surface area contributed by atoms with Crippen LogP contribution in [0.4, 0.5) is 0 Å². The molecule has 10 rings (SSSR count). The molecule has 7 aromatic rings. The third-order valence-electron chi connectivity index (χ3n) is 11.9. The zero-order valence-corrected chi connectivity index (χ0v) is 30.4. The van der Waals surface area contributed by atoms with E-state index in [0.717, 1.165) is 34.8 Å². The number of hydrogen-bond acceptors (Lipinski definition) is 2. The Labute approximate surface area is 317 Å². The number of rotatable bonds is 7. The van der Waals surface area contributed by atoms with E-state index in [4.69, 9.17) is 9.97 Å². The van der Waals surface area contributed by atoms with Crippen LogP contribution < -0.4 is 0 Å². The summed E-state index contributed by atoms with van der Waals surface area (Å²) in [5.74, 6) is 1.47. The number of fused-ring (bicyclic) bond motifs is 8. The van der Waals surface area contributed by atoms with Gasteiger partial charge in [0.1, 0.15) is 0 Å². The van der Waals surface area contributed by atoms with Crippen molar-refractivity contribution in [3.63, 3.8) is 0 Å². The SMILES string of the molecule is CCC1=C(/C=C\Cc2cc(-c3ccc(-c4ccccc4)cc3)nc(-c3ccc4ccccc4c3)n2)c2ccccc2C12c1ccccc1C1C=CC=CC12. The van der Waals surface area contributed by atoms with Crippen molar-refractivity contribution in [1.29, 1.82) is 0 Å². The minimum atomic E-state index is -0.176. The zero-order chi connectivity index (χ0) is 36.1. The smallest absolute Gasteiger partial charge is 0.160 e. The first-order chi connectivity index (χ1) is 26.7. The summed E-state index contributed by atoms with van der Waals surface area (Å²) in [5, 5.41) is 2.40. The molecule has 2 heteroatoms. The molecule has 0 aliphatic heterocycles. The second-order valence-corrected chi connectivity index (χ2v) is 14.7. The van der Waals surface area contributed by atoms with Crippen LogP contribution in [0.5, 0.6) is 0 Å². The normalized spacial score (nSPS) is 19.5. The molecule has 0 N–H and O–H groups in total. The van der Waals surface area contributed by atoms with Gasteiger partial charge in [0.15, 0.2) is 5.82 Å². The summed E-state index contributed by atoms with van der Waals surface area (Å²) >= 11 is 0. The van der Waals surface area contributed by atoms with Gasteiger partial charge in [-0.1, -0.05) is 183 Å². The van der Waals surface area contributed by atoms with E-state index in [9.17, 15) is 0 Å². The number of nitrogens with zero attached hydrogens (tertiary/aromatic N) is 2. The molecular formula is C52H40N2. The molecule has 1 aromatic heterocycles. The molecule has 3 unspecified atom stereocenters. The molecule has 1 spiro atoms. The van der Waals surface area contributed by atoms with E-state index in [1.165, 1.54) is 55.3 Å². The van der Waals surface area contributed by atoms with E-state index in [2.05, 4.69) is 195 Å². The van der Waals surface area contributed by atoms with Gasteiger partial charge < -0.3 is 0 Å². The third kappa shape index (κ3) is 5.16. The highest BCUT2D eigenvalue weighted by Crippen LogP contribution is 2.65. The van der Waals surface area contributed by atoms with Crippen molar-refractivity contribution < 1.29 is 0 Å². The molecule has 3 atom stereocenters. The second-order valence-electron chi connectivity index (χ2n) is 14.7. The van der Waals surface area contributed by atoms with Gasteiger partial charge in [-0.05, 0) is 73.9 Å². The summed E-state index contributed by atoms with van der Waals surface area (Å²) in [6.07, 6.45) is 15.7. The van der Waals surface area contributed by atoms with Gasteiger partial charge in [0.25, 0.3) is 0 Å². The molecule has 6 aromatic carbocycles. The van der Waals surface area contributed by atoms with E-state index in [0.29, 0.717) is 18.3 Å². The minimum absolute atomic E-state index is 0.176. The van der Waals surface area contributed by atoms with Crippen molar-refractivity contribution in [1.82, 2.24) is 9.97 Å². The van der Waals surface area contributed by atoms with Crippen LogP contribution in [0.1, 0.15) is 47.2 Å². The summed E-state index contributed by atoms with van der Waals surface area (Å²) in [4.78, 5) is 10.4. The highest BCUT2D eigenvalue weighted by atomic mass is 14.9. The minimum Gasteiger partial charge on any atom is -0.233 e. The fourth-order valence-corrected chi connectivity index (χ4v) is 9.56. The Balaban J connectivity index is 1.06. The molecule has 3 aliphatic rings. The van der Waals surface area contributed by atoms with Gasteiger partial charge in [-0.15, -0.1) is 0 Å². The Morgan fingerprint density at radius 3 is 2.13 bits per heavy atom. The van der Waals surface area contributed by atoms with Crippen molar-refractivity contribution >= 4 is 16.3 Å². The topological polar surface area (TPSA) is 25.8 Å². The van der Waals surface area contributed by atoms with Crippen LogP contribution in [-0.4, -0.2) is 9.97 Å². The maximum absolute atomic E-state index is 5.21. The molecular weight excluding hydrogens is 653 g/mol. The molecule has 3 aliphatic carbocycles. The lowest BCUT2D eigenvalue weighted by atomic mass is 9.64. The van der Waals surface area contributed by atoms with Crippen LogP contribution in [0.25, 0.3) is 50.1 Å². The van der Waals surface area contributed by atoms with Crippen molar-refractivity contribution in [2.24, 2.45) is 5.92 Å². The predicted octanol–water partition coefficient (Wildman–Crippen LogP) is 12.7. The van der Waals surface area contributed by atoms with Crippen molar-refractivity contribution in [3.8, 4) is 33.8 Å². The molecule has 0 radical (unpaired) electrons. The maximum Gasteiger partial charge on any atom is 0.160 e. The van der Waals surface area contributed by atoms with Gasteiger partial charge in [0, 0.05) is 35.1 Å². The lowest BCUT2D eigenvalue weighted by Crippen LogP contribution is -2.34. The Hall–Kier alpha value is -6.38. The first-order valence-electron chi connectivity index (χ1n) is 19.2. The standard InChI is InChI=1S/C52H40N2/c1-2-46-42(43-20-8-11-24-47(43)52(46)48-25-12-9-21-44(48)45-22-10-13-26-49(45)52)23-14-19-41-34-50(38-30-27-37(28-31-38)35-15-4-3-5-16-35)54-51(53-41)40-32-29-36-17-6-7-18-39(36)33-40/h3-18,20-34,44,48H,2,19H2,1H3/b23-14-. The van der Waals surface area contributed by atoms with Crippen molar-refractivity contribution in [2.75, 3.05) is 0 Å². The Morgan fingerprint density at radius 2 is 1.28 bits per heavy atom. The second kappa shape index (κ2) is 13.2. The van der Waals surface area contributed by atoms with Crippen LogP contribution in [0.2, 0.25) is 0 Å².